The lowest BCUT2D eigenvalue weighted by atomic mass is 10.2. The molecular formula is C16H19FN2O2. The zero-order valence-electron chi connectivity index (χ0n) is 12.4. The summed E-state index contributed by atoms with van der Waals surface area (Å²) in [6.07, 6.45) is 0.606. The van der Waals surface area contributed by atoms with Crippen LogP contribution in [-0.4, -0.2) is 17.4 Å². The number of rotatable bonds is 5. The number of carbonyl (C=O) groups excluding carboxylic acids is 1. The second-order valence-corrected chi connectivity index (χ2v) is 5.22. The number of carbonyl (C=O) groups is 1. The van der Waals surface area contributed by atoms with Crippen LogP contribution in [0.15, 0.2) is 28.7 Å². The van der Waals surface area contributed by atoms with E-state index < -0.39 is 0 Å². The zero-order chi connectivity index (χ0) is 15.4. The lowest BCUT2D eigenvalue weighted by molar-refractivity contribution is -0.123. The normalized spacial score (nSPS) is 10.9. The van der Waals surface area contributed by atoms with E-state index in [1.165, 1.54) is 12.1 Å². The molecule has 2 rings (SSSR count). The quantitative estimate of drug-likeness (QED) is 0.920. The molecule has 0 spiro atoms. The molecule has 21 heavy (non-hydrogen) atoms. The number of hydrogen-bond donors (Lipinski definition) is 1. The van der Waals surface area contributed by atoms with Gasteiger partial charge in [0.1, 0.15) is 11.6 Å². The van der Waals surface area contributed by atoms with Gasteiger partial charge in [-0.15, -0.1) is 0 Å². The highest BCUT2D eigenvalue weighted by Crippen LogP contribution is 2.22. The van der Waals surface area contributed by atoms with Crippen molar-refractivity contribution in [1.29, 1.82) is 0 Å². The summed E-state index contributed by atoms with van der Waals surface area (Å²) in [5.41, 5.74) is 1.54. The van der Waals surface area contributed by atoms with Crippen molar-refractivity contribution in [2.75, 3.05) is 6.54 Å². The Kier molecular flexibility index (Phi) is 4.73. The maximum absolute atomic E-state index is 12.9. The van der Waals surface area contributed by atoms with Gasteiger partial charge in [-0.2, -0.15) is 0 Å². The predicted octanol–water partition coefficient (Wildman–Crippen LogP) is 3.10. The third kappa shape index (κ3) is 3.90. The van der Waals surface area contributed by atoms with Crippen LogP contribution in [0.3, 0.4) is 0 Å². The first-order valence-electron chi connectivity index (χ1n) is 6.97. The predicted molar refractivity (Wildman–Crippen MR) is 78.2 cm³/mol. The van der Waals surface area contributed by atoms with E-state index in [2.05, 4.69) is 10.3 Å². The van der Waals surface area contributed by atoms with Crippen LogP contribution in [-0.2, 0) is 11.2 Å². The first kappa shape index (κ1) is 15.2. The van der Waals surface area contributed by atoms with Crippen molar-refractivity contribution in [1.82, 2.24) is 10.3 Å². The van der Waals surface area contributed by atoms with E-state index in [-0.39, 0.29) is 17.6 Å². The molecule has 0 aliphatic rings. The van der Waals surface area contributed by atoms with Crippen molar-refractivity contribution in [2.24, 2.45) is 5.92 Å². The standard InChI is InChI=1S/C16H19FN2O2/c1-10(2)15(20)18-9-8-14-11(3)21-16(19-14)12-4-6-13(17)7-5-12/h4-7,10H,8-9H2,1-3H3,(H,18,20). The number of nitrogens with one attached hydrogen (secondary N) is 1. The highest BCUT2D eigenvalue weighted by Gasteiger charge is 2.12. The number of oxazole rings is 1. The molecule has 1 amide bonds. The van der Waals surface area contributed by atoms with Crippen molar-refractivity contribution >= 4 is 5.91 Å². The van der Waals surface area contributed by atoms with Gasteiger partial charge in [-0.3, -0.25) is 4.79 Å². The smallest absolute Gasteiger partial charge is 0.226 e. The number of aryl methyl sites for hydroxylation is 1. The zero-order valence-corrected chi connectivity index (χ0v) is 12.4. The molecule has 0 saturated carbocycles. The molecule has 1 heterocycles. The number of hydrogen-bond acceptors (Lipinski definition) is 3. The lowest BCUT2D eigenvalue weighted by Gasteiger charge is -2.06. The molecule has 0 aliphatic heterocycles. The summed E-state index contributed by atoms with van der Waals surface area (Å²) < 4.78 is 18.5. The Bertz CT molecular complexity index is 618. The van der Waals surface area contributed by atoms with Crippen molar-refractivity contribution in [2.45, 2.75) is 27.2 Å². The Morgan fingerprint density at radius 1 is 1.33 bits per heavy atom. The number of amides is 1. The van der Waals surface area contributed by atoms with Crippen LogP contribution in [0.4, 0.5) is 4.39 Å². The van der Waals surface area contributed by atoms with Gasteiger partial charge < -0.3 is 9.73 Å². The van der Waals surface area contributed by atoms with Crippen LogP contribution in [0, 0.1) is 18.7 Å². The number of halogens is 1. The lowest BCUT2D eigenvalue weighted by Crippen LogP contribution is -2.29. The van der Waals surface area contributed by atoms with E-state index in [0.717, 1.165) is 11.3 Å². The van der Waals surface area contributed by atoms with Gasteiger partial charge >= 0.3 is 0 Å². The minimum atomic E-state index is -0.293. The summed E-state index contributed by atoms with van der Waals surface area (Å²) in [7, 11) is 0. The highest BCUT2D eigenvalue weighted by molar-refractivity contribution is 5.77. The van der Waals surface area contributed by atoms with Gasteiger partial charge in [-0.1, -0.05) is 13.8 Å². The van der Waals surface area contributed by atoms with Gasteiger partial charge in [-0.05, 0) is 31.2 Å². The molecule has 0 radical (unpaired) electrons. The van der Waals surface area contributed by atoms with Crippen LogP contribution in [0.5, 0.6) is 0 Å². The van der Waals surface area contributed by atoms with Crippen LogP contribution in [0.1, 0.15) is 25.3 Å². The Hall–Kier alpha value is -2.17. The fourth-order valence-corrected chi connectivity index (χ4v) is 1.88. The second kappa shape index (κ2) is 6.52. The van der Waals surface area contributed by atoms with E-state index in [1.807, 2.05) is 20.8 Å². The summed E-state index contributed by atoms with van der Waals surface area (Å²) in [5, 5.41) is 2.84. The summed E-state index contributed by atoms with van der Waals surface area (Å²) in [5.74, 6) is 0.887. The minimum absolute atomic E-state index is 0.0231. The van der Waals surface area contributed by atoms with E-state index in [0.29, 0.717) is 24.6 Å². The summed E-state index contributed by atoms with van der Waals surface area (Å²) in [6.45, 7) is 6.06. The minimum Gasteiger partial charge on any atom is -0.441 e. The van der Waals surface area contributed by atoms with Crippen molar-refractivity contribution in [3.63, 3.8) is 0 Å². The van der Waals surface area contributed by atoms with E-state index in [4.69, 9.17) is 4.42 Å². The molecule has 112 valence electrons. The Labute approximate surface area is 123 Å². The second-order valence-electron chi connectivity index (χ2n) is 5.22. The first-order valence-corrected chi connectivity index (χ1v) is 6.97. The molecule has 2 aromatic rings. The van der Waals surface area contributed by atoms with E-state index in [1.54, 1.807) is 12.1 Å². The average Bonchev–Trinajstić information content (AvgIpc) is 2.81. The first-order chi connectivity index (χ1) is 9.97. The molecule has 0 aliphatic carbocycles. The molecule has 1 aromatic heterocycles. The molecular weight excluding hydrogens is 271 g/mol. The molecule has 0 bridgehead atoms. The van der Waals surface area contributed by atoms with E-state index >= 15 is 0 Å². The van der Waals surface area contributed by atoms with Gasteiger partial charge in [0.15, 0.2) is 0 Å². The molecule has 5 heteroatoms. The third-order valence-corrected chi connectivity index (χ3v) is 3.17. The SMILES string of the molecule is Cc1oc(-c2ccc(F)cc2)nc1CCNC(=O)C(C)C. The van der Waals surface area contributed by atoms with E-state index in [9.17, 15) is 9.18 Å². The van der Waals surface area contributed by atoms with Crippen LogP contribution in [0.25, 0.3) is 11.5 Å². The van der Waals surface area contributed by atoms with Crippen molar-refractivity contribution in [3.8, 4) is 11.5 Å². The largest absolute Gasteiger partial charge is 0.441 e. The Morgan fingerprint density at radius 3 is 2.62 bits per heavy atom. The number of benzene rings is 1. The molecule has 0 atom stereocenters. The Balaban J connectivity index is 2.02. The van der Waals surface area contributed by atoms with Gasteiger partial charge in [0, 0.05) is 24.4 Å². The molecule has 0 fully saturated rings. The highest BCUT2D eigenvalue weighted by atomic mass is 19.1. The molecule has 1 N–H and O–H groups in total. The van der Waals surface area contributed by atoms with Gasteiger partial charge in [0.05, 0.1) is 5.69 Å². The third-order valence-electron chi connectivity index (χ3n) is 3.17. The molecule has 0 unspecified atom stereocenters. The maximum Gasteiger partial charge on any atom is 0.226 e. The van der Waals surface area contributed by atoms with Crippen LogP contribution >= 0.6 is 0 Å². The molecule has 1 aromatic carbocycles. The van der Waals surface area contributed by atoms with Crippen molar-refractivity contribution in [3.05, 3.63) is 41.5 Å². The van der Waals surface area contributed by atoms with Crippen LogP contribution in [0.2, 0.25) is 0 Å². The molecule has 0 saturated heterocycles. The summed E-state index contributed by atoms with van der Waals surface area (Å²) in [4.78, 5) is 15.9. The fourth-order valence-electron chi connectivity index (χ4n) is 1.88. The summed E-state index contributed by atoms with van der Waals surface area (Å²) >= 11 is 0. The molecule has 4 nitrogen and oxygen atoms in total. The van der Waals surface area contributed by atoms with Crippen LogP contribution < -0.4 is 5.32 Å². The number of aromatic nitrogens is 1. The Morgan fingerprint density at radius 2 is 2.00 bits per heavy atom. The number of nitrogens with zero attached hydrogens (tertiary/aromatic N) is 1. The average molecular weight is 290 g/mol. The van der Waals surface area contributed by atoms with Gasteiger partial charge in [0.25, 0.3) is 0 Å². The van der Waals surface area contributed by atoms with Crippen molar-refractivity contribution < 1.29 is 13.6 Å². The monoisotopic (exact) mass is 290 g/mol. The van der Waals surface area contributed by atoms with Gasteiger partial charge in [-0.25, -0.2) is 9.37 Å². The fraction of sp³-hybridized carbons (Fsp3) is 0.375. The topological polar surface area (TPSA) is 55.1 Å². The maximum atomic E-state index is 12.9. The van der Waals surface area contributed by atoms with Gasteiger partial charge in [0.2, 0.25) is 11.8 Å². The summed E-state index contributed by atoms with van der Waals surface area (Å²) in [6, 6.07) is 6.00.